The molecule has 0 spiro atoms. The van der Waals surface area contributed by atoms with Gasteiger partial charge in [0.25, 0.3) is 0 Å². The van der Waals surface area contributed by atoms with Gasteiger partial charge >= 0.3 is 0 Å². The number of hydrogen-bond donors (Lipinski definition) is 1. The minimum Gasteiger partial charge on any atom is -0.324 e. The van der Waals surface area contributed by atoms with Crippen molar-refractivity contribution in [3.8, 4) is 0 Å². The minimum absolute atomic E-state index is 0.158. The van der Waals surface area contributed by atoms with Gasteiger partial charge in [0.2, 0.25) is 15.9 Å². The molecule has 0 saturated heterocycles. The van der Waals surface area contributed by atoms with E-state index < -0.39 is 10.0 Å². The first kappa shape index (κ1) is 25.1. The number of benzene rings is 3. The maximum atomic E-state index is 13.4. The first-order valence-corrected chi connectivity index (χ1v) is 13.1. The Labute approximate surface area is 205 Å². The van der Waals surface area contributed by atoms with E-state index >= 15 is 0 Å². The quantitative estimate of drug-likeness (QED) is 0.384. The van der Waals surface area contributed by atoms with Crippen molar-refractivity contribution in [1.82, 2.24) is 4.31 Å². The summed E-state index contributed by atoms with van der Waals surface area (Å²) in [4.78, 5) is 13.2. The van der Waals surface area contributed by atoms with E-state index in [4.69, 9.17) is 0 Å². The minimum atomic E-state index is -3.86. The van der Waals surface area contributed by atoms with Crippen LogP contribution < -0.4 is 5.32 Å². The molecule has 1 amide bonds. The molecule has 7 heteroatoms. The molecule has 0 bridgehead atoms. The van der Waals surface area contributed by atoms with E-state index in [1.165, 1.54) is 4.31 Å². The summed E-state index contributed by atoms with van der Waals surface area (Å²) in [5, 5.41) is 2.97. The van der Waals surface area contributed by atoms with Gasteiger partial charge in [0.1, 0.15) is 0 Å². The second-order valence-electron chi connectivity index (χ2n) is 8.27. The predicted octanol–water partition coefficient (Wildman–Crippen LogP) is 5.75. The van der Waals surface area contributed by atoms with Crippen LogP contribution in [0.25, 0.3) is 0 Å². The van der Waals surface area contributed by atoms with Crippen LogP contribution in [0.1, 0.15) is 36.5 Å². The molecule has 0 fully saturated rings. The van der Waals surface area contributed by atoms with Crippen LogP contribution in [-0.2, 0) is 21.2 Å². The summed E-state index contributed by atoms with van der Waals surface area (Å²) in [6, 6.07) is 22.0. The number of aryl methyl sites for hydroxylation is 1. The molecule has 1 N–H and O–H groups in total. The van der Waals surface area contributed by atoms with Crippen molar-refractivity contribution in [1.29, 1.82) is 0 Å². The monoisotopic (exact) mass is 528 g/mol. The number of nitrogens with zero attached hydrogens (tertiary/aromatic N) is 1. The molecule has 0 aliphatic carbocycles. The summed E-state index contributed by atoms with van der Waals surface area (Å²) in [6.07, 6.45) is 0.505. The third-order valence-corrected chi connectivity index (χ3v) is 7.84. The fourth-order valence-corrected chi connectivity index (χ4v) is 5.28. The number of nitrogens with one attached hydrogen (secondary N) is 1. The molecule has 3 rings (SSSR count). The third-order valence-electron chi connectivity index (χ3n) is 5.46. The molecule has 0 aliphatic heterocycles. The van der Waals surface area contributed by atoms with E-state index in [1.54, 1.807) is 24.3 Å². The van der Waals surface area contributed by atoms with E-state index in [9.17, 15) is 13.2 Å². The Morgan fingerprint density at radius 3 is 2.27 bits per heavy atom. The second kappa shape index (κ2) is 11.1. The highest BCUT2D eigenvalue weighted by atomic mass is 79.9. The number of carbonyl (C=O) groups excluding carboxylic acids is 1. The van der Waals surface area contributed by atoms with Crippen molar-refractivity contribution in [3.63, 3.8) is 0 Å². The van der Waals surface area contributed by atoms with E-state index in [0.717, 1.165) is 26.9 Å². The van der Waals surface area contributed by atoms with Gasteiger partial charge < -0.3 is 5.32 Å². The highest BCUT2D eigenvalue weighted by molar-refractivity contribution is 9.10. The van der Waals surface area contributed by atoms with Gasteiger partial charge in [-0.05, 0) is 60.2 Å². The van der Waals surface area contributed by atoms with Crippen molar-refractivity contribution in [2.24, 2.45) is 0 Å². The van der Waals surface area contributed by atoms with Crippen molar-refractivity contribution in [2.75, 3.05) is 18.4 Å². The highest BCUT2D eigenvalue weighted by Crippen LogP contribution is 2.27. The molecule has 174 valence electrons. The van der Waals surface area contributed by atoms with Gasteiger partial charge in [-0.1, -0.05) is 78.3 Å². The van der Waals surface area contributed by atoms with E-state index in [1.807, 2.05) is 55.5 Å². The van der Waals surface area contributed by atoms with Crippen molar-refractivity contribution in [2.45, 2.75) is 38.0 Å². The Balaban J connectivity index is 1.86. The van der Waals surface area contributed by atoms with Crippen LogP contribution in [0.3, 0.4) is 0 Å². The lowest BCUT2D eigenvalue weighted by molar-refractivity contribution is -0.116. The zero-order valence-corrected chi connectivity index (χ0v) is 21.5. The molecule has 0 saturated carbocycles. The molecule has 0 aromatic heterocycles. The van der Waals surface area contributed by atoms with Gasteiger partial charge in [-0.3, -0.25) is 4.79 Å². The SMILES string of the molecule is Cc1cccc(C(C)C)c1NC(=O)CN(CCc1ccccc1)S(=O)(=O)c1ccc(Br)cc1. The van der Waals surface area contributed by atoms with E-state index in [0.29, 0.717) is 6.42 Å². The molecule has 3 aromatic rings. The highest BCUT2D eigenvalue weighted by Gasteiger charge is 2.27. The van der Waals surface area contributed by atoms with E-state index in [-0.39, 0.29) is 29.8 Å². The van der Waals surface area contributed by atoms with Gasteiger partial charge in [0.05, 0.1) is 11.4 Å². The zero-order valence-electron chi connectivity index (χ0n) is 19.1. The standard InChI is InChI=1S/C26H29BrN2O3S/c1-19(2)24-11-7-8-20(3)26(24)28-25(30)18-29(17-16-21-9-5-4-6-10-21)33(31,32)23-14-12-22(27)13-15-23/h4-15,19H,16-18H2,1-3H3,(H,28,30). The summed E-state index contributed by atoms with van der Waals surface area (Å²) in [5.74, 6) is -0.138. The Morgan fingerprint density at radius 1 is 0.970 bits per heavy atom. The number of para-hydroxylation sites is 1. The normalized spacial score (nSPS) is 11.7. The summed E-state index contributed by atoms with van der Waals surface area (Å²) in [6.45, 7) is 5.99. The van der Waals surface area contributed by atoms with E-state index in [2.05, 4.69) is 35.1 Å². The number of sulfonamides is 1. The number of anilines is 1. The molecule has 0 atom stereocenters. The molecule has 3 aromatic carbocycles. The van der Waals surface area contributed by atoms with Crippen molar-refractivity contribution in [3.05, 3.63) is 94.0 Å². The van der Waals surface area contributed by atoms with Crippen LogP contribution in [-0.4, -0.2) is 31.7 Å². The molecule has 0 heterocycles. The van der Waals surface area contributed by atoms with Gasteiger partial charge in [-0.25, -0.2) is 8.42 Å². The lowest BCUT2D eigenvalue weighted by Crippen LogP contribution is -2.39. The molecule has 5 nitrogen and oxygen atoms in total. The zero-order chi connectivity index (χ0) is 24.0. The van der Waals surface area contributed by atoms with Crippen LogP contribution in [0, 0.1) is 6.92 Å². The summed E-state index contributed by atoms with van der Waals surface area (Å²) in [5.41, 5.74) is 3.73. The van der Waals surface area contributed by atoms with Crippen LogP contribution >= 0.6 is 15.9 Å². The second-order valence-corrected chi connectivity index (χ2v) is 11.1. The maximum Gasteiger partial charge on any atom is 0.243 e. The first-order valence-electron chi connectivity index (χ1n) is 10.9. The Kier molecular flexibility index (Phi) is 8.46. The van der Waals surface area contributed by atoms with Gasteiger partial charge in [0, 0.05) is 16.7 Å². The number of rotatable bonds is 9. The fourth-order valence-electron chi connectivity index (χ4n) is 3.62. The molecule has 33 heavy (non-hydrogen) atoms. The number of carbonyl (C=O) groups is 1. The number of halogens is 1. The molecule has 0 aliphatic rings. The van der Waals surface area contributed by atoms with Crippen molar-refractivity contribution >= 4 is 37.5 Å². The smallest absolute Gasteiger partial charge is 0.243 e. The van der Waals surface area contributed by atoms with Gasteiger partial charge in [-0.15, -0.1) is 0 Å². The Hall–Kier alpha value is -2.48. The lowest BCUT2D eigenvalue weighted by atomic mass is 9.98. The number of hydrogen-bond acceptors (Lipinski definition) is 3. The maximum absolute atomic E-state index is 13.4. The average Bonchev–Trinajstić information content (AvgIpc) is 2.78. The van der Waals surface area contributed by atoms with Gasteiger partial charge in [-0.2, -0.15) is 4.31 Å². The van der Waals surface area contributed by atoms with Crippen LogP contribution in [0.15, 0.2) is 82.2 Å². The number of amides is 1. The molecule has 0 radical (unpaired) electrons. The lowest BCUT2D eigenvalue weighted by Gasteiger charge is -2.23. The van der Waals surface area contributed by atoms with Crippen LogP contribution in [0.2, 0.25) is 0 Å². The summed E-state index contributed by atoms with van der Waals surface area (Å²) in [7, 11) is -3.86. The van der Waals surface area contributed by atoms with Gasteiger partial charge in [0.15, 0.2) is 0 Å². The first-order chi connectivity index (χ1) is 15.7. The fraction of sp³-hybridized carbons (Fsp3) is 0.269. The Bertz CT molecular complexity index is 1190. The molecular formula is C26H29BrN2O3S. The average molecular weight is 530 g/mol. The molecule has 0 unspecified atom stereocenters. The topological polar surface area (TPSA) is 66.5 Å². The third kappa shape index (κ3) is 6.53. The Morgan fingerprint density at radius 2 is 1.64 bits per heavy atom. The predicted molar refractivity (Wildman–Crippen MR) is 137 cm³/mol. The largest absolute Gasteiger partial charge is 0.324 e. The summed E-state index contributed by atoms with van der Waals surface area (Å²) < 4.78 is 28.9. The summed E-state index contributed by atoms with van der Waals surface area (Å²) >= 11 is 3.34. The van der Waals surface area contributed by atoms with Crippen molar-refractivity contribution < 1.29 is 13.2 Å². The molecular weight excluding hydrogens is 500 g/mol. The van der Waals surface area contributed by atoms with Crippen LogP contribution in [0.4, 0.5) is 5.69 Å². The van der Waals surface area contributed by atoms with Crippen LogP contribution in [0.5, 0.6) is 0 Å².